The highest BCUT2D eigenvalue weighted by Gasteiger charge is 2.17. The number of hydrogen-bond acceptors (Lipinski definition) is 5. The van der Waals surface area contributed by atoms with E-state index in [-0.39, 0.29) is 11.9 Å². The van der Waals surface area contributed by atoms with Gasteiger partial charge in [-0.1, -0.05) is 12.1 Å². The Morgan fingerprint density at radius 2 is 1.81 bits per heavy atom. The molecule has 0 saturated carbocycles. The van der Waals surface area contributed by atoms with Crippen LogP contribution in [0, 0.1) is 0 Å². The molecule has 0 radical (unpaired) electrons. The fourth-order valence-corrected chi connectivity index (χ4v) is 2.99. The average Bonchev–Trinajstić information content (AvgIpc) is 2.59. The standard InChI is InChI=1S/C18H22N2O5S/c1-12(13-6-5-7-14(10-13)20-26(4,22)23)19-18(21)16-11-15(24-2)8-9-17(16)25-3/h5-12,20H,1-4H3,(H,19,21). The topological polar surface area (TPSA) is 93.7 Å². The maximum Gasteiger partial charge on any atom is 0.255 e. The van der Waals surface area contributed by atoms with Gasteiger partial charge < -0.3 is 14.8 Å². The second kappa shape index (κ2) is 8.09. The molecule has 2 rings (SSSR count). The van der Waals surface area contributed by atoms with E-state index in [4.69, 9.17) is 9.47 Å². The number of sulfonamides is 1. The first-order valence-electron chi connectivity index (χ1n) is 7.84. The van der Waals surface area contributed by atoms with Gasteiger partial charge in [-0.05, 0) is 42.8 Å². The predicted molar refractivity (Wildman–Crippen MR) is 100 cm³/mol. The molecule has 0 spiro atoms. The Labute approximate surface area is 153 Å². The van der Waals surface area contributed by atoms with E-state index < -0.39 is 10.0 Å². The van der Waals surface area contributed by atoms with Crippen molar-refractivity contribution in [1.82, 2.24) is 5.32 Å². The lowest BCUT2D eigenvalue weighted by molar-refractivity contribution is 0.0936. The zero-order valence-corrected chi connectivity index (χ0v) is 15.9. The van der Waals surface area contributed by atoms with Gasteiger partial charge in [-0.25, -0.2) is 8.42 Å². The van der Waals surface area contributed by atoms with Gasteiger partial charge >= 0.3 is 0 Å². The quantitative estimate of drug-likeness (QED) is 0.772. The first-order valence-corrected chi connectivity index (χ1v) is 9.73. The van der Waals surface area contributed by atoms with Crippen LogP contribution in [-0.2, 0) is 10.0 Å². The Balaban J connectivity index is 2.21. The monoisotopic (exact) mass is 378 g/mol. The normalized spacial score (nSPS) is 12.2. The van der Waals surface area contributed by atoms with Crippen molar-refractivity contribution >= 4 is 21.6 Å². The Morgan fingerprint density at radius 1 is 1.08 bits per heavy atom. The number of carbonyl (C=O) groups is 1. The van der Waals surface area contributed by atoms with Crippen LogP contribution in [0.4, 0.5) is 5.69 Å². The summed E-state index contributed by atoms with van der Waals surface area (Å²) in [6.07, 6.45) is 1.08. The van der Waals surface area contributed by atoms with Crippen molar-refractivity contribution in [3.05, 3.63) is 53.6 Å². The molecule has 2 aromatic carbocycles. The number of carbonyl (C=O) groups excluding carboxylic acids is 1. The zero-order valence-electron chi connectivity index (χ0n) is 15.1. The second-order valence-corrected chi connectivity index (χ2v) is 7.51. The molecule has 0 fully saturated rings. The average molecular weight is 378 g/mol. The van der Waals surface area contributed by atoms with Gasteiger partial charge in [0.15, 0.2) is 0 Å². The number of methoxy groups -OCH3 is 2. The van der Waals surface area contributed by atoms with Crippen LogP contribution in [0.25, 0.3) is 0 Å². The van der Waals surface area contributed by atoms with E-state index in [1.54, 1.807) is 42.5 Å². The second-order valence-electron chi connectivity index (χ2n) is 5.76. The van der Waals surface area contributed by atoms with Crippen LogP contribution in [0.2, 0.25) is 0 Å². The van der Waals surface area contributed by atoms with Crippen LogP contribution in [0.15, 0.2) is 42.5 Å². The minimum Gasteiger partial charge on any atom is -0.497 e. The zero-order chi connectivity index (χ0) is 19.3. The number of rotatable bonds is 7. The van der Waals surface area contributed by atoms with Crippen molar-refractivity contribution in [3.8, 4) is 11.5 Å². The van der Waals surface area contributed by atoms with E-state index in [9.17, 15) is 13.2 Å². The van der Waals surface area contributed by atoms with E-state index in [1.807, 2.05) is 6.92 Å². The third-order valence-electron chi connectivity index (χ3n) is 3.69. The molecule has 0 heterocycles. The molecular weight excluding hydrogens is 356 g/mol. The van der Waals surface area contributed by atoms with Crippen molar-refractivity contribution in [2.24, 2.45) is 0 Å². The first-order chi connectivity index (χ1) is 12.2. The van der Waals surface area contributed by atoms with E-state index in [1.165, 1.54) is 14.2 Å². The molecule has 0 aliphatic rings. The number of ether oxygens (including phenoxy) is 2. The van der Waals surface area contributed by atoms with Gasteiger partial charge in [0.05, 0.1) is 32.1 Å². The maximum atomic E-state index is 12.6. The lowest BCUT2D eigenvalue weighted by Gasteiger charge is -2.17. The summed E-state index contributed by atoms with van der Waals surface area (Å²) in [6, 6.07) is 11.5. The molecule has 0 aromatic heterocycles. The van der Waals surface area contributed by atoms with Crippen LogP contribution in [-0.4, -0.2) is 34.8 Å². The predicted octanol–water partition coefficient (Wildman–Crippen LogP) is 2.57. The Bertz CT molecular complexity index is 896. The molecule has 0 aliphatic carbocycles. The number of nitrogens with one attached hydrogen (secondary N) is 2. The van der Waals surface area contributed by atoms with E-state index in [2.05, 4.69) is 10.0 Å². The van der Waals surface area contributed by atoms with Gasteiger partial charge in [-0.2, -0.15) is 0 Å². The molecule has 1 unspecified atom stereocenters. The largest absolute Gasteiger partial charge is 0.497 e. The van der Waals surface area contributed by atoms with Gasteiger partial charge in [0.2, 0.25) is 10.0 Å². The molecule has 7 nitrogen and oxygen atoms in total. The van der Waals surface area contributed by atoms with Crippen molar-refractivity contribution in [3.63, 3.8) is 0 Å². The number of benzene rings is 2. The van der Waals surface area contributed by atoms with E-state index >= 15 is 0 Å². The molecule has 1 atom stereocenters. The van der Waals surface area contributed by atoms with Crippen molar-refractivity contribution in [1.29, 1.82) is 0 Å². The molecule has 0 bridgehead atoms. The molecule has 0 saturated heterocycles. The van der Waals surface area contributed by atoms with Gasteiger partial charge in [-0.3, -0.25) is 9.52 Å². The molecule has 0 aliphatic heterocycles. The van der Waals surface area contributed by atoms with Crippen LogP contribution in [0.3, 0.4) is 0 Å². The highest BCUT2D eigenvalue weighted by molar-refractivity contribution is 7.92. The molecule has 26 heavy (non-hydrogen) atoms. The van der Waals surface area contributed by atoms with Crippen LogP contribution < -0.4 is 19.5 Å². The van der Waals surface area contributed by atoms with Crippen LogP contribution in [0.1, 0.15) is 28.9 Å². The fraction of sp³-hybridized carbons (Fsp3) is 0.278. The summed E-state index contributed by atoms with van der Waals surface area (Å²) in [4.78, 5) is 12.6. The number of hydrogen-bond donors (Lipinski definition) is 2. The SMILES string of the molecule is COc1ccc(OC)c(C(=O)NC(C)c2cccc(NS(C)(=O)=O)c2)c1. The number of amides is 1. The highest BCUT2D eigenvalue weighted by atomic mass is 32.2. The fourth-order valence-electron chi connectivity index (χ4n) is 2.43. The molecule has 2 aromatic rings. The summed E-state index contributed by atoms with van der Waals surface area (Å²) >= 11 is 0. The minimum atomic E-state index is -3.37. The van der Waals surface area contributed by atoms with Crippen LogP contribution >= 0.6 is 0 Å². The minimum absolute atomic E-state index is 0.324. The van der Waals surface area contributed by atoms with Gasteiger partial charge in [-0.15, -0.1) is 0 Å². The summed E-state index contributed by atoms with van der Waals surface area (Å²) in [5.74, 6) is 0.653. The summed E-state index contributed by atoms with van der Waals surface area (Å²) in [7, 11) is -0.361. The molecule has 2 N–H and O–H groups in total. The highest BCUT2D eigenvalue weighted by Crippen LogP contribution is 2.25. The Kier molecular flexibility index (Phi) is 6.10. The van der Waals surface area contributed by atoms with Gasteiger partial charge in [0, 0.05) is 5.69 Å². The summed E-state index contributed by atoms with van der Waals surface area (Å²) in [6.45, 7) is 1.81. The molecule has 140 valence electrons. The first kappa shape index (κ1) is 19.6. The van der Waals surface area contributed by atoms with Crippen molar-refractivity contribution in [2.45, 2.75) is 13.0 Å². The van der Waals surface area contributed by atoms with E-state index in [0.29, 0.717) is 22.7 Å². The smallest absolute Gasteiger partial charge is 0.255 e. The Hall–Kier alpha value is -2.74. The lowest BCUT2D eigenvalue weighted by Crippen LogP contribution is -2.27. The van der Waals surface area contributed by atoms with Crippen molar-refractivity contribution in [2.75, 3.05) is 25.2 Å². The molecule has 1 amide bonds. The summed E-state index contributed by atoms with van der Waals surface area (Å²) < 4.78 is 35.5. The third kappa shape index (κ3) is 5.13. The van der Waals surface area contributed by atoms with Gasteiger partial charge in [0.25, 0.3) is 5.91 Å². The number of anilines is 1. The summed E-state index contributed by atoms with van der Waals surface area (Å²) in [5, 5.41) is 2.88. The third-order valence-corrected chi connectivity index (χ3v) is 4.30. The summed E-state index contributed by atoms with van der Waals surface area (Å²) in [5.41, 5.74) is 1.54. The van der Waals surface area contributed by atoms with Crippen molar-refractivity contribution < 1.29 is 22.7 Å². The Morgan fingerprint density at radius 3 is 2.42 bits per heavy atom. The lowest BCUT2D eigenvalue weighted by atomic mass is 10.1. The molecule has 8 heteroatoms. The molecular formula is C18H22N2O5S. The van der Waals surface area contributed by atoms with Gasteiger partial charge in [0.1, 0.15) is 11.5 Å². The van der Waals surface area contributed by atoms with E-state index in [0.717, 1.165) is 11.8 Å². The van der Waals surface area contributed by atoms with Crippen LogP contribution in [0.5, 0.6) is 11.5 Å². The maximum absolute atomic E-state index is 12.6.